The first-order chi connectivity index (χ1) is 13.1. The lowest BCUT2D eigenvalue weighted by molar-refractivity contribution is 0.0827. The van der Waals surface area contributed by atoms with Crippen molar-refractivity contribution in [1.82, 2.24) is 15.5 Å². The van der Waals surface area contributed by atoms with Gasteiger partial charge in [0.25, 0.3) is 5.91 Å². The summed E-state index contributed by atoms with van der Waals surface area (Å²) in [5, 5.41) is 6.71. The Kier molecular flexibility index (Phi) is 8.42. The lowest BCUT2D eigenvalue weighted by Gasteiger charge is -2.12. The van der Waals surface area contributed by atoms with Gasteiger partial charge in [-0.15, -0.1) is 0 Å². The summed E-state index contributed by atoms with van der Waals surface area (Å²) in [4.78, 5) is 18.2. The lowest BCUT2D eigenvalue weighted by atomic mass is 10.1. The maximum absolute atomic E-state index is 12.0. The number of nitrogens with one attached hydrogen (secondary N) is 2. The number of guanidine groups is 1. The third kappa shape index (κ3) is 7.17. The molecule has 0 aliphatic carbocycles. The molecule has 0 unspecified atom stereocenters. The molecule has 0 bridgehead atoms. The van der Waals surface area contributed by atoms with Gasteiger partial charge in [0.2, 0.25) is 0 Å². The van der Waals surface area contributed by atoms with E-state index in [-0.39, 0.29) is 5.91 Å². The van der Waals surface area contributed by atoms with E-state index in [1.165, 1.54) is 0 Å². The van der Waals surface area contributed by atoms with E-state index in [9.17, 15) is 4.79 Å². The van der Waals surface area contributed by atoms with Crippen molar-refractivity contribution >= 4 is 11.9 Å². The molecule has 1 aromatic heterocycles. The maximum Gasteiger partial charge on any atom is 0.253 e. The summed E-state index contributed by atoms with van der Waals surface area (Å²) in [6.45, 7) is 4.36. The monoisotopic (exact) mass is 370 g/mol. The standard InChI is InChI=1S/C21H30N4O2/c1-4-5-13-22-21(23-14-12-19-7-6-15-27-19)24-16-17-8-10-18(11-9-17)20(26)25(2)3/h6-11,15H,4-5,12-14,16H2,1-3H3,(H2,22,23,24). The normalized spacial score (nSPS) is 11.3. The van der Waals surface area contributed by atoms with Crippen molar-refractivity contribution in [3.63, 3.8) is 0 Å². The fourth-order valence-corrected chi connectivity index (χ4v) is 2.50. The highest BCUT2D eigenvalue weighted by Crippen LogP contribution is 2.07. The highest BCUT2D eigenvalue weighted by molar-refractivity contribution is 5.93. The van der Waals surface area contributed by atoms with Crippen molar-refractivity contribution in [3.8, 4) is 0 Å². The van der Waals surface area contributed by atoms with E-state index in [1.807, 2.05) is 36.4 Å². The Labute approximate surface area is 161 Å². The molecule has 0 fully saturated rings. The van der Waals surface area contributed by atoms with Crippen LogP contribution in [-0.2, 0) is 13.0 Å². The molecule has 0 radical (unpaired) electrons. The molecule has 2 N–H and O–H groups in total. The average molecular weight is 370 g/mol. The van der Waals surface area contributed by atoms with Crippen molar-refractivity contribution < 1.29 is 9.21 Å². The largest absolute Gasteiger partial charge is 0.469 e. The van der Waals surface area contributed by atoms with Crippen LogP contribution >= 0.6 is 0 Å². The van der Waals surface area contributed by atoms with Crippen LogP contribution in [0.1, 0.15) is 41.4 Å². The Morgan fingerprint density at radius 2 is 1.85 bits per heavy atom. The van der Waals surface area contributed by atoms with Crippen molar-refractivity contribution in [3.05, 3.63) is 59.5 Å². The van der Waals surface area contributed by atoms with Gasteiger partial charge in [-0.2, -0.15) is 0 Å². The van der Waals surface area contributed by atoms with E-state index in [4.69, 9.17) is 4.42 Å². The van der Waals surface area contributed by atoms with Gasteiger partial charge in [-0.05, 0) is 36.2 Å². The van der Waals surface area contributed by atoms with Crippen LogP contribution in [0.5, 0.6) is 0 Å². The maximum atomic E-state index is 12.0. The van der Waals surface area contributed by atoms with Crippen LogP contribution in [-0.4, -0.2) is 44.0 Å². The molecule has 27 heavy (non-hydrogen) atoms. The van der Waals surface area contributed by atoms with E-state index in [2.05, 4.69) is 22.5 Å². The molecular formula is C21H30N4O2. The number of hydrogen-bond acceptors (Lipinski definition) is 3. The van der Waals surface area contributed by atoms with Gasteiger partial charge in [-0.25, -0.2) is 4.99 Å². The number of unbranched alkanes of at least 4 members (excludes halogenated alkanes) is 1. The van der Waals surface area contributed by atoms with Crippen LogP contribution in [0.4, 0.5) is 0 Å². The molecule has 2 aromatic rings. The predicted molar refractivity (Wildman–Crippen MR) is 109 cm³/mol. The van der Waals surface area contributed by atoms with Crippen LogP contribution in [0.3, 0.4) is 0 Å². The second kappa shape index (κ2) is 11.1. The number of amides is 1. The minimum absolute atomic E-state index is 0.00608. The Bertz CT molecular complexity index is 706. The second-order valence-electron chi connectivity index (χ2n) is 6.60. The topological polar surface area (TPSA) is 69.9 Å². The number of aliphatic imine (C=N–C) groups is 1. The van der Waals surface area contributed by atoms with Crippen LogP contribution in [0, 0.1) is 0 Å². The van der Waals surface area contributed by atoms with Crippen molar-refractivity contribution in [2.45, 2.75) is 32.7 Å². The molecule has 1 aromatic carbocycles. The first kappa shape index (κ1) is 20.6. The van der Waals surface area contributed by atoms with E-state index in [0.717, 1.165) is 49.6 Å². The lowest BCUT2D eigenvalue weighted by Crippen LogP contribution is -2.38. The van der Waals surface area contributed by atoms with Crippen LogP contribution < -0.4 is 10.6 Å². The summed E-state index contributed by atoms with van der Waals surface area (Å²) in [6.07, 6.45) is 4.73. The first-order valence-electron chi connectivity index (χ1n) is 9.45. The molecule has 0 saturated heterocycles. The number of furan rings is 1. The van der Waals surface area contributed by atoms with E-state index >= 15 is 0 Å². The van der Waals surface area contributed by atoms with Crippen molar-refractivity contribution in [2.24, 2.45) is 4.99 Å². The Morgan fingerprint density at radius 3 is 2.48 bits per heavy atom. The SMILES string of the molecule is CCCCNC(=NCc1ccc(C(=O)N(C)C)cc1)NCCc1ccco1. The highest BCUT2D eigenvalue weighted by Gasteiger charge is 2.07. The fraction of sp³-hybridized carbons (Fsp3) is 0.429. The number of nitrogens with zero attached hydrogens (tertiary/aromatic N) is 2. The number of benzene rings is 1. The van der Waals surface area contributed by atoms with Gasteiger partial charge in [0.15, 0.2) is 5.96 Å². The summed E-state index contributed by atoms with van der Waals surface area (Å²) in [6, 6.07) is 11.5. The fourth-order valence-electron chi connectivity index (χ4n) is 2.50. The molecule has 0 aliphatic rings. The van der Waals surface area contributed by atoms with E-state index in [0.29, 0.717) is 12.1 Å². The summed E-state index contributed by atoms with van der Waals surface area (Å²) >= 11 is 0. The Hall–Kier alpha value is -2.76. The Balaban J connectivity index is 1.92. The van der Waals surface area contributed by atoms with Crippen molar-refractivity contribution in [1.29, 1.82) is 0 Å². The molecule has 0 aliphatic heterocycles. The summed E-state index contributed by atoms with van der Waals surface area (Å²) < 4.78 is 5.36. The zero-order valence-electron chi connectivity index (χ0n) is 16.5. The smallest absolute Gasteiger partial charge is 0.253 e. The molecule has 146 valence electrons. The summed E-state index contributed by atoms with van der Waals surface area (Å²) in [5.41, 5.74) is 1.75. The van der Waals surface area contributed by atoms with Gasteiger partial charge in [0.05, 0.1) is 12.8 Å². The minimum atomic E-state index is 0.00608. The van der Waals surface area contributed by atoms with Gasteiger partial charge in [0.1, 0.15) is 5.76 Å². The molecule has 2 rings (SSSR count). The summed E-state index contributed by atoms with van der Waals surface area (Å²) in [5.74, 6) is 1.76. The zero-order valence-corrected chi connectivity index (χ0v) is 16.5. The van der Waals surface area contributed by atoms with Crippen molar-refractivity contribution in [2.75, 3.05) is 27.2 Å². The number of hydrogen-bond donors (Lipinski definition) is 2. The number of carbonyl (C=O) groups excluding carboxylic acids is 1. The van der Waals surface area contributed by atoms with Gasteiger partial charge >= 0.3 is 0 Å². The molecule has 1 heterocycles. The third-order valence-corrected chi connectivity index (χ3v) is 4.09. The first-order valence-corrected chi connectivity index (χ1v) is 9.45. The highest BCUT2D eigenvalue weighted by atomic mass is 16.3. The van der Waals surface area contributed by atoms with Gasteiger partial charge in [-0.1, -0.05) is 25.5 Å². The van der Waals surface area contributed by atoms with Crippen LogP contribution in [0.15, 0.2) is 52.1 Å². The quantitative estimate of drug-likeness (QED) is 0.404. The van der Waals surface area contributed by atoms with Crippen LogP contribution in [0.2, 0.25) is 0 Å². The molecule has 0 spiro atoms. The molecule has 1 amide bonds. The predicted octanol–water partition coefficient (Wildman–Crippen LogP) is 3.06. The van der Waals surface area contributed by atoms with E-state index in [1.54, 1.807) is 25.3 Å². The number of carbonyl (C=O) groups is 1. The summed E-state index contributed by atoms with van der Waals surface area (Å²) in [7, 11) is 3.51. The molecular weight excluding hydrogens is 340 g/mol. The number of rotatable bonds is 9. The van der Waals surface area contributed by atoms with Gasteiger partial charge in [-0.3, -0.25) is 4.79 Å². The van der Waals surface area contributed by atoms with Gasteiger partial charge < -0.3 is 20.0 Å². The van der Waals surface area contributed by atoms with Crippen LogP contribution in [0.25, 0.3) is 0 Å². The minimum Gasteiger partial charge on any atom is -0.469 e. The Morgan fingerprint density at radius 1 is 1.11 bits per heavy atom. The zero-order chi connectivity index (χ0) is 19.5. The third-order valence-electron chi connectivity index (χ3n) is 4.09. The molecule has 0 atom stereocenters. The average Bonchev–Trinajstić information content (AvgIpc) is 3.19. The molecule has 6 nitrogen and oxygen atoms in total. The second-order valence-corrected chi connectivity index (χ2v) is 6.60. The van der Waals surface area contributed by atoms with E-state index < -0.39 is 0 Å². The van der Waals surface area contributed by atoms with Gasteiger partial charge in [0, 0.05) is 39.2 Å². The molecule has 6 heteroatoms. The molecule has 0 saturated carbocycles.